The number of hydrogen-bond acceptors (Lipinski definition) is 5. The van der Waals surface area contributed by atoms with Crippen molar-refractivity contribution in [2.45, 2.75) is 0 Å². The first kappa shape index (κ1) is 11.2. The number of rotatable bonds is 6. The van der Waals surface area contributed by atoms with Crippen LogP contribution in [0.15, 0.2) is 11.2 Å². The van der Waals surface area contributed by atoms with E-state index >= 15 is 0 Å². The Morgan fingerprint density at radius 1 is 1.67 bits per heavy atom. The second kappa shape index (κ2) is 6.93. The van der Waals surface area contributed by atoms with Crippen molar-refractivity contribution in [3.05, 3.63) is 21.3 Å². The molecule has 0 aromatic heterocycles. The molecule has 0 spiro atoms. The lowest BCUT2D eigenvalue weighted by molar-refractivity contribution is -0.403. The molecule has 0 fully saturated rings. The fraction of sp³-hybridized carbons (Fsp3) is 0.667. The molecule has 0 saturated carbocycles. The van der Waals surface area contributed by atoms with E-state index in [2.05, 4.69) is 10.6 Å². The van der Waals surface area contributed by atoms with E-state index in [9.17, 15) is 10.1 Å². The lowest BCUT2D eigenvalue weighted by atomic mass is 10.6. The minimum Gasteiger partial charge on any atom is -0.374 e. The van der Waals surface area contributed by atoms with Crippen LogP contribution in [0.3, 0.4) is 0 Å². The van der Waals surface area contributed by atoms with Gasteiger partial charge in [0, 0.05) is 13.1 Å². The molecule has 2 N–H and O–H groups in total. The highest BCUT2D eigenvalue weighted by Crippen LogP contribution is 2.05. The van der Waals surface area contributed by atoms with E-state index in [-0.39, 0.29) is 0 Å². The summed E-state index contributed by atoms with van der Waals surface area (Å²) >= 11 is 1.33. The van der Waals surface area contributed by atoms with E-state index in [4.69, 9.17) is 0 Å². The Balaban J connectivity index is 3.75. The van der Waals surface area contributed by atoms with Crippen LogP contribution in [0.2, 0.25) is 0 Å². The van der Waals surface area contributed by atoms with Gasteiger partial charge in [0.2, 0.25) is 0 Å². The number of nitro groups is 1. The quantitative estimate of drug-likeness (QED) is 0.357. The molecular weight excluding hydrogens is 178 g/mol. The number of likely N-dealkylation sites (N-methyl/N-ethyl adjacent to an activating group) is 1. The number of thioether (sulfide) groups is 1. The summed E-state index contributed by atoms with van der Waals surface area (Å²) in [7, 11) is 1.83. The predicted molar refractivity (Wildman–Crippen MR) is 50.5 cm³/mol. The van der Waals surface area contributed by atoms with Gasteiger partial charge >= 0.3 is 0 Å². The van der Waals surface area contributed by atoms with Crippen LogP contribution < -0.4 is 10.6 Å². The van der Waals surface area contributed by atoms with Crippen LogP contribution in [0, 0.1) is 10.1 Å². The van der Waals surface area contributed by atoms with Crippen molar-refractivity contribution < 1.29 is 4.92 Å². The van der Waals surface area contributed by atoms with Gasteiger partial charge in [-0.15, -0.1) is 11.8 Å². The molecule has 12 heavy (non-hydrogen) atoms. The maximum atomic E-state index is 10.1. The smallest absolute Gasteiger partial charge is 0.263 e. The summed E-state index contributed by atoms with van der Waals surface area (Å²) in [6, 6.07) is 0. The van der Waals surface area contributed by atoms with Crippen molar-refractivity contribution in [1.29, 1.82) is 0 Å². The summed E-state index contributed by atoms with van der Waals surface area (Å²) in [6.07, 6.45) is 2.77. The fourth-order valence-electron chi connectivity index (χ4n) is 0.577. The van der Waals surface area contributed by atoms with E-state index in [1.807, 2.05) is 7.05 Å². The van der Waals surface area contributed by atoms with Crippen molar-refractivity contribution in [3.8, 4) is 0 Å². The van der Waals surface area contributed by atoms with Gasteiger partial charge < -0.3 is 10.6 Å². The maximum Gasteiger partial charge on any atom is 0.263 e. The van der Waals surface area contributed by atoms with Crippen molar-refractivity contribution >= 4 is 11.8 Å². The van der Waals surface area contributed by atoms with Crippen molar-refractivity contribution in [1.82, 2.24) is 10.6 Å². The average Bonchev–Trinajstić information content (AvgIpc) is 2.02. The summed E-state index contributed by atoms with van der Waals surface area (Å²) in [4.78, 5) is 9.60. The number of nitrogens with zero attached hydrogens (tertiary/aromatic N) is 1. The Morgan fingerprint density at radius 3 is 2.75 bits per heavy atom. The van der Waals surface area contributed by atoms with E-state index in [1.54, 1.807) is 6.26 Å². The third-order valence-electron chi connectivity index (χ3n) is 1.12. The summed E-state index contributed by atoms with van der Waals surface area (Å²) in [5, 5.41) is 16.5. The molecular formula is C6H13N3O2S. The molecule has 6 heteroatoms. The molecule has 5 nitrogen and oxygen atoms in total. The van der Waals surface area contributed by atoms with Gasteiger partial charge in [-0.2, -0.15) is 0 Å². The third kappa shape index (κ3) is 5.99. The highest BCUT2D eigenvalue weighted by Gasteiger charge is 1.98. The van der Waals surface area contributed by atoms with E-state index in [0.717, 1.165) is 12.7 Å². The SMILES string of the molecule is CNCCNC(=C[N+](=O)[O-])SC. The summed E-state index contributed by atoms with van der Waals surface area (Å²) in [5.74, 6) is 0. The van der Waals surface area contributed by atoms with Gasteiger partial charge in [0.1, 0.15) is 5.03 Å². The number of hydrogen-bond donors (Lipinski definition) is 2. The minimum absolute atomic E-state index is 0.460. The average molecular weight is 191 g/mol. The second-order valence-corrected chi connectivity index (χ2v) is 2.86. The molecule has 70 valence electrons. The van der Waals surface area contributed by atoms with Crippen LogP contribution >= 0.6 is 11.8 Å². The van der Waals surface area contributed by atoms with Gasteiger partial charge in [-0.05, 0) is 13.3 Å². The van der Waals surface area contributed by atoms with Crippen molar-refractivity contribution in [2.75, 3.05) is 26.4 Å². The molecule has 0 aromatic carbocycles. The Kier molecular flexibility index (Phi) is 6.50. The van der Waals surface area contributed by atoms with Crippen molar-refractivity contribution in [3.63, 3.8) is 0 Å². The van der Waals surface area contributed by atoms with Gasteiger partial charge in [-0.3, -0.25) is 10.1 Å². The van der Waals surface area contributed by atoms with E-state index in [1.165, 1.54) is 11.8 Å². The van der Waals surface area contributed by atoms with Crippen LogP contribution in [0.1, 0.15) is 0 Å². The standard InChI is InChI=1S/C6H13N3O2S/c1-7-3-4-8-6(12-2)5-9(10)11/h5,7-8H,3-4H2,1-2H3. The summed E-state index contributed by atoms with van der Waals surface area (Å²) in [6.45, 7) is 1.48. The highest BCUT2D eigenvalue weighted by atomic mass is 32.2. The zero-order chi connectivity index (χ0) is 9.40. The predicted octanol–water partition coefficient (Wildman–Crippen LogP) is 0.234. The zero-order valence-corrected chi connectivity index (χ0v) is 7.98. The van der Waals surface area contributed by atoms with Crippen LogP contribution in [-0.2, 0) is 0 Å². The molecule has 0 unspecified atom stereocenters. The Hall–Kier alpha value is -0.750. The molecule has 0 bridgehead atoms. The summed E-state index contributed by atoms with van der Waals surface area (Å²) in [5.41, 5.74) is 0. The third-order valence-corrected chi connectivity index (χ3v) is 1.81. The molecule has 0 atom stereocenters. The molecule has 0 aliphatic carbocycles. The minimum atomic E-state index is -0.460. The van der Waals surface area contributed by atoms with Crippen molar-refractivity contribution in [2.24, 2.45) is 0 Å². The first-order chi connectivity index (χ1) is 5.70. The molecule has 0 aliphatic rings. The monoisotopic (exact) mass is 191 g/mol. The lowest BCUT2D eigenvalue weighted by Gasteiger charge is -2.04. The topological polar surface area (TPSA) is 67.2 Å². The Morgan fingerprint density at radius 2 is 2.33 bits per heavy atom. The highest BCUT2D eigenvalue weighted by molar-refractivity contribution is 8.02. The van der Waals surface area contributed by atoms with Crippen LogP contribution in [0.5, 0.6) is 0 Å². The lowest BCUT2D eigenvalue weighted by Crippen LogP contribution is -2.23. The van der Waals surface area contributed by atoms with Gasteiger partial charge in [-0.25, -0.2) is 0 Å². The molecule has 0 heterocycles. The zero-order valence-electron chi connectivity index (χ0n) is 7.16. The summed E-state index contributed by atoms with van der Waals surface area (Å²) < 4.78 is 0. The van der Waals surface area contributed by atoms with Gasteiger partial charge in [0.25, 0.3) is 6.20 Å². The van der Waals surface area contributed by atoms with Crippen LogP contribution in [-0.4, -0.2) is 31.3 Å². The van der Waals surface area contributed by atoms with Crippen LogP contribution in [0.4, 0.5) is 0 Å². The normalized spacial score (nSPS) is 11.3. The maximum absolute atomic E-state index is 10.1. The van der Waals surface area contributed by atoms with Gasteiger partial charge in [0.05, 0.1) is 4.92 Å². The van der Waals surface area contributed by atoms with Gasteiger partial charge in [-0.1, -0.05) is 0 Å². The molecule has 0 aromatic rings. The molecule has 0 aliphatic heterocycles. The number of nitrogens with one attached hydrogen (secondary N) is 2. The largest absolute Gasteiger partial charge is 0.374 e. The first-order valence-corrected chi connectivity index (χ1v) is 4.71. The van der Waals surface area contributed by atoms with E-state index in [0.29, 0.717) is 11.6 Å². The van der Waals surface area contributed by atoms with E-state index < -0.39 is 4.92 Å². The molecule has 0 saturated heterocycles. The first-order valence-electron chi connectivity index (χ1n) is 3.48. The Labute approximate surface area is 75.8 Å². The fourth-order valence-corrected chi connectivity index (χ4v) is 1.01. The molecule has 0 rings (SSSR count). The van der Waals surface area contributed by atoms with Gasteiger partial charge in [0.15, 0.2) is 0 Å². The Bertz CT molecular complexity index is 172. The second-order valence-electron chi connectivity index (χ2n) is 2.01. The molecule has 0 radical (unpaired) electrons. The molecule has 0 amide bonds. The van der Waals surface area contributed by atoms with Crippen LogP contribution in [0.25, 0.3) is 0 Å².